The Labute approximate surface area is 117 Å². The monoisotopic (exact) mass is 278 g/mol. The van der Waals surface area contributed by atoms with Gasteiger partial charge in [0.05, 0.1) is 5.69 Å². The molecule has 0 spiro atoms. The minimum absolute atomic E-state index is 0.212. The van der Waals surface area contributed by atoms with Crippen molar-refractivity contribution >= 4 is 11.3 Å². The van der Waals surface area contributed by atoms with Crippen molar-refractivity contribution in [1.29, 1.82) is 0 Å². The Morgan fingerprint density at radius 1 is 1.32 bits per heavy atom. The van der Waals surface area contributed by atoms with Crippen LogP contribution in [0.5, 0.6) is 0 Å². The fourth-order valence-electron chi connectivity index (χ4n) is 1.70. The normalized spacial score (nSPS) is 12.6. The van der Waals surface area contributed by atoms with E-state index in [1.165, 1.54) is 18.6 Å². The maximum Gasteiger partial charge on any atom is 0.123 e. The molecule has 0 aliphatic heterocycles. The molecule has 1 aromatic carbocycles. The molecule has 1 atom stereocenters. The lowest BCUT2D eigenvalue weighted by molar-refractivity contribution is 0.498. The minimum Gasteiger partial charge on any atom is -0.311 e. The summed E-state index contributed by atoms with van der Waals surface area (Å²) >= 11 is 1.60. The van der Waals surface area contributed by atoms with Crippen molar-refractivity contribution in [3.8, 4) is 10.6 Å². The minimum atomic E-state index is -0.212. The van der Waals surface area contributed by atoms with E-state index in [0.29, 0.717) is 5.92 Å². The highest BCUT2D eigenvalue weighted by atomic mass is 32.1. The number of nitrogens with zero attached hydrogens (tertiary/aromatic N) is 1. The number of thiazole rings is 1. The summed E-state index contributed by atoms with van der Waals surface area (Å²) in [5, 5.41) is 6.41. The molecule has 4 heteroatoms. The van der Waals surface area contributed by atoms with Gasteiger partial charge in [0.25, 0.3) is 0 Å². The van der Waals surface area contributed by atoms with E-state index in [0.717, 1.165) is 29.4 Å². The Hall–Kier alpha value is -1.26. The number of rotatable bonds is 6. The van der Waals surface area contributed by atoms with Gasteiger partial charge in [-0.2, -0.15) is 0 Å². The van der Waals surface area contributed by atoms with Crippen molar-refractivity contribution in [2.75, 3.05) is 6.54 Å². The van der Waals surface area contributed by atoms with Crippen molar-refractivity contribution < 1.29 is 4.39 Å². The molecule has 0 bridgehead atoms. The summed E-state index contributed by atoms with van der Waals surface area (Å²) in [4.78, 5) is 4.57. The van der Waals surface area contributed by atoms with Crippen molar-refractivity contribution in [1.82, 2.24) is 10.3 Å². The molecule has 1 N–H and O–H groups in total. The van der Waals surface area contributed by atoms with Gasteiger partial charge in [-0.25, -0.2) is 9.37 Å². The molecule has 1 heterocycles. The number of benzene rings is 1. The van der Waals surface area contributed by atoms with Crippen LogP contribution in [0.15, 0.2) is 29.6 Å². The predicted octanol–water partition coefficient (Wildman–Crippen LogP) is 4.08. The van der Waals surface area contributed by atoms with E-state index in [-0.39, 0.29) is 5.82 Å². The van der Waals surface area contributed by atoms with Gasteiger partial charge in [0.2, 0.25) is 0 Å². The highest BCUT2D eigenvalue weighted by Gasteiger charge is 2.05. The summed E-state index contributed by atoms with van der Waals surface area (Å²) in [5.74, 6) is 0.478. The summed E-state index contributed by atoms with van der Waals surface area (Å²) in [7, 11) is 0. The zero-order valence-corrected chi connectivity index (χ0v) is 12.1. The Balaban J connectivity index is 1.93. The smallest absolute Gasteiger partial charge is 0.123 e. The fourth-order valence-corrected chi connectivity index (χ4v) is 2.53. The Morgan fingerprint density at radius 2 is 2.05 bits per heavy atom. The largest absolute Gasteiger partial charge is 0.311 e. The third-order valence-corrected chi connectivity index (χ3v) is 4.08. The van der Waals surface area contributed by atoms with E-state index in [1.54, 1.807) is 23.5 Å². The third-order valence-electron chi connectivity index (χ3n) is 3.14. The molecule has 0 saturated carbocycles. The van der Waals surface area contributed by atoms with Gasteiger partial charge >= 0.3 is 0 Å². The molecule has 1 unspecified atom stereocenters. The van der Waals surface area contributed by atoms with Crippen LogP contribution in [0.25, 0.3) is 10.6 Å². The molecular weight excluding hydrogens is 259 g/mol. The summed E-state index contributed by atoms with van der Waals surface area (Å²) in [6.45, 7) is 6.24. The van der Waals surface area contributed by atoms with Gasteiger partial charge in [-0.3, -0.25) is 0 Å². The average Bonchev–Trinajstić information content (AvgIpc) is 2.88. The van der Waals surface area contributed by atoms with E-state index in [9.17, 15) is 4.39 Å². The lowest BCUT2D eigenvalue weighted by Gasteiger charge is -2.08. The molecule has 0 aliphatic rings. The summed E-state index contributed by atoms with van der Waals surface area (Å²) < 4.78 is 12.9. The van der Waals surface area contributed by atoms with E-state index >= 15 is 0 Å². The van der Waals surface area contributed by atoms with E-state index in [4.69, 9.17) is 0 Å². The van der Waals surface area contributed by atoms with Gasteiger partial charge in [0.1, 0.15) is 10.8 Å². The second-order valence-electron chi connectivity index (χ2n) is 4.80. The van der Waals surface area contributed by atoms with Crippen LogP contribution in [0.4, 0.5) is 4.39 Å². The number of hydrogen-bond donors (Lipinski definition) is 1. The van der Waals surface area contributed by atoms with Crippen molar-refractivity contribution in [3.05, 3.63) is 41.2 Å². The predicted molar refractivity (Wildman–Crippen MR) is 78.7 cm³/mol. The van der Waals surface area contributed by atoms with Gasteiger partial charge < -0.3 is 5.32 Å². The van der Waals surface area contributed by atoms with E-state index in [2.05, 4.69) is 29.5 Å². The number of hydrogen-bond acceptors (Lipinski definition) is 3. The zero-order chi connectivity index (χ0) is 13.7. The molecular formula is C15H19FN2S. The van der Waals surface area contributed by atoms with Crippen LogP contribution in [0, 0.1) is 11.7 Å². The zero-order valence-electron chi connectivity index (χ0n) is 11.3. The molecule has 2 nitrogen and oxygen atoms in total. The number of nitrogens with one attached hydrogen (secondary N) is 1. The quantitative estimate of drug-likeness (QED) is 0.861. The molecule has 2 rings (SSSR count). The lowest BCUT2D eigenvalue weighted by atomic mass is 10.1. The Kier molecular flexibility index (Phi) is 5.05. The van der Waals surface area contributed by atoms with Crippen LogP contribution in [-0.2, 0) is 6.54 Å². The van der Waals surface area contributed by atoms with Crippen molar-refractivity contribution in [2.24, 2.45) is 5.92 Å². The number of halogens is 1. The number of aromatic nitrogens is 1. The molecule has 0 aliphatic carbocycles. The van der Waals surface area contributed by atoms with Crippen LogP contribution >= 0.6 is 11.3 Å². The molecule has 2 aromatic rings. The van der Waals surface area contributed by atoms with Gasteiger partial charge in [-0.1, -0.05) is 20.3 Å². The van der Waals surface area contributed by atoms with E-state index in [1.807, 2.05) is 0 Å². The SMILES string of the molecule is CCC(C)CNCc1csc(-c2ccc(F)cc2)n1. The highest BCUT2D eigenvalue weighted by molar-refractivity contribution is 7.13. The van der Waals surface area contributed by atoms with Gasteiger partial charge in [0, 0.05) is 17.5 Å². The molecule has 0 fully saturated rings. The standard InChI is InChI=1S/C15H19FN2S/c1-3-11(2)8-17-9-14-10-19-15(18-14)12-4-6-13(16)7-5-12/h4-7,10-11,17H,3,8-9H2,1-2H3. The highest BCUT2D eigenvalue weighted by Crippen LogP contribution is 2.23. The van der Waals surface area contributed by atoms with Crippen LogP contribution in [0.1, 0.15) is 26.0 Å². The first-order valence-electron chi connectivity index (χ1n) is 6.60. The fraction of sp³-hybridized carbons (Fsp3) is 0.400. The summed E-state index contributed by atoms with van der Waals surface area (Å²) in [6.07, 6.45) is 1.19. The molecule has 0 amide bonds. The summed E-state index contributed by atoms with van der Waals surface area (Å²) in [6, 6.07) is 6.48. The summed E-state index contributed by atoms with van der Waals surface area (Å²) in [5.41, 5.74) is 2.02. The first kappa shape index (κ1) is 14.2. The van der Waals surface area contributed by atoms with Gasteiger partial charge in [-0.15, -0.1) is 11.3 Å². The maximum absolute atomic E-state index is 12.9. The van der Waals surface area contributed by atoms with Gasteiger partial charge in [-0.05, 0) is 36.7 Å². The van der Waals surface area contributed by atoms with Crippen LogP contribution < -0.4 is 5.32 Å². The average molecular weight is 278 g/mol. The maximum atomic E-state index is 12.9. The first-order chi connectivity index (χ1) is 9.19. The third kappa shape index (κ3) is 4.11. The molecule has 0 radical (unpaired) electrons. The van der Waals surface area contributed by atoms with Crippen LogP contribution in [-0.4, -0.2) is 11.5 Å². The lowest BCUT2D eigenvalue weighted by Crippen LogP contribution is -2.20. The molecule has 19 heavy (non-hydrogen) atoms. The Morgan fingerprint density at radius 3 is 2.74 bits per heavy atom. The second kappa shape index (κ2) is 6.78. The van der Waals surface area contributed by atoms with Crippen LogP contribution in [0.3, 0.4) is 0 Å². The van der Waals surface area contributed by atoms with Crippen molar-refractivity contribution in [3.63, 3.8) is 0 Å². The topological polar surface area (TPSA) is 24.9 Å². The van der Waals surface area contributed by atoms with Crippen LogP contribution in [0.2, 0.25) is 0 Å². The van der Waals surface area contributed by atoms with Crippen molar-refractivity contribution in [2.45, 2.75) is 26.8 Å². The van der Waals surface area contributed by atoms with E-state index < -0.39 is 0 Å². The second-order valence-corrected chi connectivity index (χ2v) is 5.65. The first-order valence-corrected chi connectivity index (χ1v) is 7.48. The molecule has 0 saturated heterocycles. The molecule has 1 aromatic heterocycles. The van der Waals surface area contributed by atoms with Gasteiger partial charge in [0.15, 0.2) is 0 Å². The molecule has 102 valence electrons. The Bertz CT molecular complexity index is 507.